The van der Waals surface area contributed by atoms with Gasteiger partial charge in [0.15, 0.2) is 0 Å². The van der Waals surface area contributed by atoms with Gasteiger partial charge in [-0.25, -0.2) is 0 Å². The Morgan fingerprint density at radius 3 is 1.60 bits per heavy atom. The third-order valence-corrected chi connectivity index (χ3v) is 10.6. The molecular weight excluding hydrogens is 493 g/mol. The maximum Gasteiger partial charge on any atom is 0.524 e. The van der Waals surface area contributed by atoms with E-state index in [0.717, 1.165) is 24.8 Å². The van der Waals surface area contributed by atoms with Gasteiger partial charge in [0.1, 0.15) is 0 Å². The number of alkyl halides is 3. The van der Waals surface area contributed by atoms with Gasteiger partial charge in [-0.05, 0) is 65.1 Å². The molecule has 3 aromatic rings. The minimum Gasteiger partial charge on any atom is -0.200 e. The van der Waals surface area contributed by atoms with Crippen molar-refractivity contribution in [3.05, 3.63) is 90.5 Å². The van der Waals surface area contributed by atoms with Crippen molar-refractivity contribution in [2.75, 3.05) is 0 Å². The number of aryl methyl sites for hydroxylation is 1. The molecule has 35 heavy (non-hydrogen) atoms. The Labute approximate surface area is 208 Å². The van der Waals surface area contributed by atoms with Crippen LogP contribution in [-0.4, -0.2) is 13.9 Å². The van der Waals surface area contributed by atoms with Crippen LogP contribution in [0.15, 0.2) is 99.6 Å². The molecule has 0 amide bonds. The molecule has 0 aliphatic rings. The third-order valence-electron chi connectivity index (χ3n) is 5.70. The first-order valence-corrected chi connectivity index (χ1v) is 14.7. The first kappa shape index (κ1) is 27.3. The van der Waals surface area contributed by atoms with Gasteiger partial charge in [0.05, 0.1) is 0 Å². The molecule has 3 nitrogen and oxygen atoms in total. The topological polar surface area (TPSA) is 43.4 Å². The molecule has 0 N–H and O–H groups in total. The monoisotopic (exact) mass is 524 g/mol. The number of unbranched alkanes of at least 4 members (excludes halogenated alkanes) is 5. The molecule has 0 atom stereocenters. The molecule has 0 heterocycles. The van der Waals surface area contributed by atoms with Crippen LogP contribution >= 0.6 is 10.3 Å². The van der Waals surface area contributed by atoms with Gasteiger partial charge in [-0.2, -0.15) is 25.2 Å². The normalized spacial score (nSPS) is 13.0. The first-order valence-electron chi connectivity index (χ1n) is 11.8. The van der Waals surface area contributed by atoms with Crippen LogP contribution in [0.4, 0.5) is 13.2 Å². The van der Waals surface area contributed by atoms with Crippen molar-refractivity contribution in [3.63, 3.8) is 0 Å². The summed E-state index contributed by atoms with van der Waals surface area (Å²) in [7, 11) is -9.13. The molecular formula is C27H31F3O3S2. The lowest BCUT2D eigenvalue weighted by molar-refractivity contribution is -0.0496. The van der Waals surface area contributed by atoms with E-state index >= 15 is 0 Å². The minimum atomic E-state index is -5.90. The molecule has 0 saturated heterocycles. The number of rotatable bonds is 12. The molecule has 190 valence electrons. The van der Waals surface area contributed by atoms with Crippen LogP contribution in [-0.2, 0) is 20.2 Å². The van der Waals surface area contributed by atoms with Crippen molar-refractivity contribution in [2.24, 2.45) is 0 Å². The summed E-state index contributed by atoms with van der Waals surface area (Å²) < 4.78 is 70.6. The van der Waals surface area contributed by atoms with Crippen molar-refractivity contribution in [1.82, 2.24) is 0 Å². The molecule has 0 fully saturated rings. The second kappa shape index (κ2) is 12.1. The quantitative estimate of drug-likeness (QED) is 0.176. The smallest absolute Gasteiger partial charge is 0.200 e. The van der Waals surface area contributed by atoms with E-state index in [4.69, 9.17) is 3.63 Å². The van der Waals surface area contributed by atoms with Crippen LogP contribution in [0.3, 0.4) is 0 Å². The SMILES string of the molecule is CCCCCCCCc1ccc(S(OS(=O)(=O)C(F)(F)F)(c2ccccc2)c2ccccc2)cc1. The molecule has 3 aromatic carbocycles. The largest absolute Gasteiger partial charge is 0.524 e. The number of benzene rings is 3. The highest BCUT2D eigenvalue weighted by Crippen LogP contribution is 2.70. The summed E-state index contributed by atoms with van der Waals surface area (Å²) in [6, 6.07) is 23.7. The predicted molar refractivity (Wildman–Crippen MR) is 135 cm³/mol. The van der Waals surface area contributed by atoms with Crippen LogP contribution in [0.1, 0.15) is 51.0 Å². The highest BCUT2D eigenvalue weighted by Gasteiger charge is 2.52. The van der Waals surface area contributed by atoms with Gasteiger partial charge in [0.2, 0.25) is 0 Å². The van der Waals surface area contributed by atoms with Crippen LogP contribution in [0.2, 0.25) is 0 Å². The van der Waals surface area contributed by atoms with E-state index < -0.39 is 25.9 Å². The zero-order valence-corrected chi connectivity index (χ0v) is 21.3. The minimum absolute atomic E-state index is 0.364. The Bertz CT molecular complexity index is 1110. The molecule has 0 bridgehead atoms. The summed E-state index contributed by atoms with van der Waals surface area (Å²) in [5.41, 5.74) is -4.50. The second-order valence-electron chi connectivity index (χ2n) is 8.31. The Morgan fingerprint density at radius 2 is 1.11 bits per heavy atom. The van der Waals surface area contributed by atoms with E-state index in [1.165, 1.54) is 25.7 Å². The van der Waals surface area contributed by atoms with Crippen molar-refractivity contribution >= 4 is 20.4 Å². The van der Waals surface area contributed by atoms with Crippen molar-refractivity contribution in [3.8, 4) is 0 Å². The van der Waals surface area contributed by atoms with E-state index in [2.05, 4.69) is 6.92 Å². The summed E-state index contributed by atoms with van der Waals surface area (Å²) in [6.07, 6.45) is 7.84. The first-order chi connectivity index (χ1) is 16.7. The zero-order valence-electron chi connectivity index (χ0n) is 19.7. The van der Waals surface area contributed by atoms with E-state index in [-0.39, 0.29) is 0 Å². The van der Waals surface area contributed by atoms with E-state index in [0.29, 0.717) is 14.7 Å². The molecule has 0 aliphatic carbocycles. The van der Waals surface area contributed by atoms with Crippen molar-refractivity contribution in [2.45, 2.75) is 72.1 Å². The van der Waals surface area contributed by atoms with Crippen LogP contribution in [0, 0.1) is 0 Å². The summed E-state index contributed by atoms with van der Waals surface area (Å²) in [6.45, 7) is 2.18. The maximum absolute atomic E-state index is 13.5. The summed E-state index contributed by atoms with van der Waals surface area (Å²) in [5, 5.41) is 0. The highest BCUT2D eigenvalue weighted by molar-refractivity contribution is 8.33. The fourth-order valence-electron chi connectivity index (χ4n) is 3.88. The van der Waals surface area contributed by atoms with Gasteiger partial charge in [-0.3, -0.25) is 0 Å². The van der Waals surface area contributed by atoms with Gasteiger partial charge in [-0.1, -0.05) is 87.6 Å². The van der Waals surface area contributed by atoms with Crippen molar-refractivity contribution < 1.29 is 25.2 Å². The van der Waals surface area contributed by atoms with Gasteiger partial charge >= 0.3 is 15.6 Å². The predicted octanol–water partition coefficient (Wildman–Crippen LogP) is 8.65. The molecule has 0 aromatic heterocycles. The Kier molecular flexibility index (Phi) is 9.44. The molecule has 8 heteroatoms. The standard InChI is InChI=1S/C27H31F3O3S2/c1-2-3-4-5-6-9-14-23-19-21-26(22-20-23)34(24-15-10-7-11-16-24,25-17-12-8-13-18-25)33-35(31,32)27(28,29)30/h7-8,10-13,15-22H,2-6,9,14H2,1H3. The summed E-state index contributed by atoms with van der Waals surface area (Å²) in [4.78, 5) is 1.11. The molecule has 0 saturated carbocycles. The fourth-order valence-corrected chi connectivity index (χ4v) is 8.62. The second-order valence-corrected chi connectivity index (χ2v) is 12.8. The van der Waals surface area contributed by atoms with Gasteiger partial charge < -0.3 is 0 Å². The van der Waals surface area contributed by atoms with Crippen molar-refractivity contribution in [1.29, 1.82) is 0 Å². The Hall–Kier alpha value is -2.29. The van der Waals surface area contributed by atoms with E-state index in [1.54, 1.807) is 72.8 Å². The lowest BCUT2D eigenvalue weighted by atomic mass is 10.1. The Morgan fingerprint density at radius 1 is 0.657 bits per heavy atom. The molecule has 0 aliphatic heterocycles. The lowest BCUT2D eigenvalue weighted by Gasteiger charge is -2.39. The molecule has 0 unspecified atom stereocenters. The Balaban J connectivity index is 2.03. The number of hydrogen-bond donors (Lipinski definition) is 0. The average Bonchev–Trinajstić information content (AvgIpc) is 2.85. The molecule has 3 rings (SSSR count). The lowest BCUT2D eigenvalue weighted by Crippen LogP contribution is -2.27. The third kappa shape index (κ3) is 6.68. The van der Waals surface area contributed by atoms with Gasteiger partial charge in [0.25, 0.3) is 0 Å². The van der Waals surface area contributed by atoms with E-state index in [1.807, 2.05) is 12.1 Å². The summed E-state index contributed by atoms with van der Waals surface area (Å²) in [5.74, 6) is 0. The highest BCUT2D eigenvalue weighted by atomic mass is 32.3. The maximum atomic E-state index is 13.5. The van der Waals surface area contributed by atoms with Crippen LogP contribution in [0.5, 0.6) is 0 Å². The van der Waals surface area contributed by atoms with Gasteiger partial charge in [-0.15, -0.1) is 0 Å². The van der Waals surface area contributed by atoms with Crippen LogP contribution < -0.4 is 0 Å². The number of hydrogen-bond acceptors (Lipinski definition) is 3. The van der Waals surface area contributed by atoms with Gasteiger partial charge in [0, 0.05) is 14.7 Å². The summed E-state index contributed by atoms with van der Waals surface area (Å²) >= 11 is 0. The molecule has 0 radical (unpaired) electrons. The molecule has 0 spiro atoms. The van der Waals surface area contributed by atoms with E-state index in [9.17, 15) is 21.6 Å². The van der Waals surface area contributed by atoms with Crippen LogP contribution in [0.25, 0.3) is 0 Å². The average molecular weight is 525 g/mol. The zero-order chi connectivity index (χ0) is 25.4. The number of halogens is 3. The fraction of sp³-hybridized carbons (Fsp3) is 0.333.